The van der Waals surface area contributed by atoms with Crippen LogP contribution in [0.25, 0.3) is 11.1 Å². The zero-order valence-electron chi connectivity index (χ0n) is 20.6. The Balaban J connectivity index is 1.57. The summed E-state index contributed by atoms with van der Waals surface area (Å²) in [5, 5.41) is 18.3. The van der Waals surface area contributed by atoms with Crippen LogP contribution in [0, 0.1) is 12.7 Å². The molecule has 0 amide bonds. The second-order valence-corrected chi connectivity index (χ2v) is 11.7. The van der Waals surface area contributed by atoms with Crippen LogP contribution in [-0.2, 0) is 21.1 Å². The fourth-order valence-corrected chi connectivity index (χ4v) is 6.26. The molecule has 2 heterocycles. The molecule has 0 radical (unpaired) electrons. The number of aliphatic hydroxyl groups excluding tert-OH is 2. The number of nitrogens with two attached hydrogens (primary N) is 1. The molecule has 5 rings (SSSR count). The molecule has 1 aliphatic carbocycles. The minimum atomic E-state index is -3.44. The molecule has 1 aliphatic heterocycles. The van der Waals surface area contributed by atoms with Crippen molar-refractivity contribution in [2.24, 2.45) is 4.99 Å². The maximum atomic E-state index is 14.5. The van der Waals surface area contributed by atoms with Gasteiger partial charge in [-0.3, -0.25) is 9.83 Å². The van der Waals surface area contributed by atoms with E-state index in [1.165, 1.54) is 12.1 Å². The summed E-state index contributed by atoms with van der Waals surface area (Å²) in [6, 6.07) is 10.3. The zero-order chi connectivity index (χ0) is 27.0. The van der Waals surface area contributed by atoms with Crippen molar-refractivity contribution >= 4 is 21.6 Å². The van der Waals surface area contributed by atoms with E-state index in [0.29, 0.717) is 58.7 Å². The number of hydroxylamine groups is 1. The van der Waals surface area contributed by atoms with Crippen molar-refractivity contribution in [1.29, 1.82) is 0 Å². The number of nitrogens with one attached hydrogen (secondary N) is 1. The molecule has 2 aromatic carbocycles. The number of fused-ring (bicyclic) bond motifs is 1. The third-order valence-corrected chi connectivity index (χ3v) is 8.82. The first-order chi connectivity index (χ1) is 18.2. The van der Waals surface area contributed by atoms with Gasteiger partial charge in [-0.2, -0.15) is 0 Å². The number of rotatable bonds is 8. The topological polar surface area (TPSA) is 160 Å². The second kappa shape index (κ2) is 10.4. The Bertz CT molecular complexity index is 1510. The fraction of sp³-hybridized carbons (Fsp3) is 0.346. The average Bonchev–Trinajstić information content (AvgIpc) is 3.74. The number of sulfone groups is 1. The van der Waals surface area contributed by atoms with Gasteiger partial charge in [-0.25, -0.2) is 28.3 Å². The summed E-state index contributed by atoms with van der Waals surface area (Å²) in [7, 11) is -3.44. The summed E-state index contributed by atoms with van der Waals surface area (Å²) in [6.07, 6.45) is 0.525. The van der Waals surface area contributed by atoms with Gasteiger partial charge in [-0.15, -0.1) is 0 Å². The number of halogens is 1. The van der Waals surface area contributed by atoms with Gasteiger partial charge in [-0.1, -0.05) is 18.2 Å². The van der Waals surface area contributed by atoms with E-state index >= 15 is 0 Å². The van der Waals surface area contributed by atoms with Crippen molar-refractivity contribution in [3.63, 3.8) is 0 Å². The maximum absolute atomic E-state index is 14.5. The van der Waals surface area contributed by atoms with E-state index in [-0.39, 0.29) is 22.7 Å². The largest absolute Gasteiger partial charge is 0.394 e. The highest BCUT2D eigenvalue weighted by atomic mass is 32.2. The van der Waals surface area contributed by atoms with E-state index in [0.717, 1.165) is 0 Å². The van der Waals surface area contributed by atoms with Crippen LogP contribution in [0.15, 0.2) is 52.4 Å². The molecule has 2 aliphatic rings. The number of amidine groups is 1. The molecule has 5 N–H and O–H groups in total. The number of nitrogen functional groups attached to an aromatic ring is 1. The first-order valence-corrected chi connectivity index (χ1v) is 13.7. The van der Waals surface area contributed by atoms with Crippen LogP contribution in [0.4, 0.5) is 10.3 Å². The highest BCUT2D eigenvalue weighted by Gasteiger charge is 2.37. The maximum Gasteiger partial charge on any atom is 0.220 e. The van der Waals surface area contributed by atoms with Crippen LogP contribution in [0.3, 0.4) is 0 Å². The standard InChI is InChI=1S/C26H28FN5O5S/c1-14-24-23(31-26(28)29-14)11-22(30-25(24)32-37-13-17(34)12-33)20-8-5-16(27)10-21(20)15-3-2-4-19(9-15)38(35,36)18-6-7-18/h2-5,8-10,17-18,22,33-34H,6-7,11-13H2,1H3,(H,30,32)(H2,28,29,31)/t17-,22+/m1/s1. The van der Waals surface area contributed by atoms with Crippen molar-refractivity contribution in [2.45, 2.75) is 48.5 Å². The number of hydrogen-bond acceptors (Lipinski definition) is 10. The fourth-order valence-electron chi connectivity index (χ4n) is 4.56. The van der Waals surface area contributed by atoms with E-state index in [1.54, 1.807) is 37.3 Å². The van der Waals surface area contributed by atoms with E-state index in [9.17, 15) is 17.9 Å². The molecular weight excluding hydrogens is 513 g/mol. The van der Waals surface area contributed by atoms with Crippen molar-refractivity contribution < 1.29 is 27.9 Å². The van der Waals surface area contributed by atoms with Crippen LogP contribution < -0.4 is 11.2 Å². The van der Waals surface area contributed by atoms with Gasteiger partial charge in [-0.05, 0) is 60.7 Å². The number of aryl methyl sites for hydroxylation is 1. The smallest absolute Gasteiger partial charge is 0.220 e. The molecule has 38 heavy (non-hydrogen) atoms. The first-order valence-electron chi connectivity index (χ1n) is 12.2. The molecule has 10 nitrogen and oxygen atoms in total. The Morgan fingerprint density at radius 2 is 2.00 bits per heavy atom. The quantitative estimate of drug-likeness (QED) is 0.313. The summed E-state index contributed by atoms with van der Waals surface area (Å²) in [6.45, 7) is 1.08. The van der Waals surface area contributed by atoms with Gasteiger partial charge in [0.25, 0.3) is 0 Å². The number of anilines is 1. The van der Waals surface area contributed by atoms with Crippen LogP contribution in [-0.4, -0.2) is 59.0 Å². The lowest BCUT2D eigenvalue weighted by molar-refractivity contribution is -0.0160. The van der Waals surface area contributed by atoms with Gasteiger partial charge < -0.3 is 15.9 Å². The molecule has 3 aromatic rings. The predicted octanol–water partition coefficient (Wildman–Crippen LogP) is 2.03. The van der Waals surface area contributed by atoms with E-state index < -0.39 is 34.4 Å². The molecule has 1 saturated carbocycles. The number of aliphatic hydroxyl groups is 2. The van der Waals surface area contributed by atoms with Gasteiger partial charge >= 0.3 is 0 Å². The molecule has 0 bridgehead atoms. The molecule has 2 atom stereocenters. The molecule has 12 heteroatoms. The van der Waals surface area contributed by atoms with Gasteiger partial charge in [0.2, 0.25) is 5.95 Å². The second-order valence-electron chi connectivity index (χ2n) is 9.44. The van der Waals surface area contributed by atoms with Gasteiger partial charge in [0.05, 0.1) is 39.7 Å². The SMILES string of the molecule is Cc1nc(N)nc2c1C(NOC[C@H](O)CO)=N[C@H](c1ccc(F)cc1-c1cccc(S(=O)(=O)C3CC3)c1)C2. The van der Waals surface area contributed by atoms with E-state index in [1.807, 2.05) is 0 Å². The minimum absolute atomic E-state index is 0.0928. The number of aliphatic imine (C=N–C) groups is 1. The predicted molar refractivity (Wildman–Crippen MR) is 138 cm³/mol. The van der Waals surface area contributed by atoms with Crippen LogP contribution in [0.2, 0.25) is 0 Å². The summed E-state index contributed by atoms with van der Waals surface area (Å²) in [5.41, 5.74) is 12.1. The Kier molecular flexibility index (Phi) is 7.14. The average molecular weight is 542 g/mol. The number of benzene rings is 2. The highest BCUT2D eigenvalue weighted by Crippen LogP contribution is 2.38. The van der Waals surface area contributed by atoms with Crippen LogP contribution >= 0.6 is 0 Å². The lowest BCUT2D eigenvalue weighted by atomic mass is 9.90. The van der Waals surface area contributed by atoms with Crippen molar-refractivity contribution in [3.05, 3.63) is 70.8 Å². The summed E-state index contributed by atoms with van der Waals surface area (Å²) < 4.78 is 40.2. The molecule has 200 valence electrons. The Morgan fingerprint density at radius 1 is 1.21 bits per heavy atom. The normalized spacial score (nSPS) is 18.0. The summed E-state index contributed by atoms with van der Waals surface area (Å²) in [4.78, 5) is 19.0. The Hall–Kier alpha value is -3.45. The van der Waals surface area contributed by atoms with Crippen LogP contribution in [0.5, 0.6) is 0 Å². The molecule has 0 unspecified atom stereocenters. The lowest BCUT2D eigenvalue weighted by Gasteiger charge is -2.26. The highest BCUT2D eigenvalue weighted by molar-refractivity contribution is 7.92. The van der Waals surface area contributed by atoms with Gasteiger partial charge in [0.1, 0.15) is 18.5 Å². The molecule has 0 spiro atoms. The lowest BCUT2D eigenvalue weighted by Crippen LogP contribution is -2.34. The van der Waals surface area contributed by atoms with Crippen molar-refractivity contribution in [3.8, 4) is 11.1 Å². The molecule has 1 aromatic heterocycles. The summed E-state index contributed by atoms with van der Waals surface area (Å²) in [5.74, 6) is -0.0871. The molecule has 0 saturated heterocycles. The molecule has 1 fully saturated rings. The third-order valence-electron chi connectivity index (χ3n) is 6.56. The van der Waals surface area contributed by atoms with Crippen molar-refractivity contribution in [1.82, 2.24) is 15.4 Å². The van der Waals surface area contributed by atoms with E-state index in [4.69, 9.17) is 20.7 Å². The minimum Gasteiger partial charge on any atom is -0.394 e. The number of hydrogen-bond donors (Lipinski definition) is 4. The van der Waals surface area contributed by atoms with Gasteiger partial charge in [0.15, 0.2) is 15.7 Å². The van der Waals surface area contributed by atoms with E-state index in [2.05, 4.69) is 15.4 Å². The zero-order valence-corrected chi connectivity index (χ0v) is 21.4. The molecular formula is C26H28FN5O5S. The van der Waals surface area contributed by atoms with Crippen molar-refractivity contribution in [2.75, 3.05) is 18.9 Å². The number of aromatic nitrogens is 2. The monoisotopic (exact) mass is 541 g/mol. The summed E-state index contributed by atoms with van der Waals surface area (Å²) >= 11 is 0. The van der Waals surface area contributed by atoms with Gasteiger partial charge in [0, 0.05) is 6.42 Å². The van der Waals surface area contributed by atoms with Crippen LogP contribution in [0.1, 0.15) is 41.4 Å². The first kappa shape index (κ1) is 26.2. The third kappa shape index (κ3) is 5.25. The number of nitrogens with zero attached hydrogens (tertiary/aromatic N) is 3. The Labute approximate surface area is 219 Å². The Morgan fingerprint density at radius 3 is 2.74 bits per heavy atom.